The summed E-state index contributed by atoms with van der Waals surface area (Å²) in [4.78, 5) is 4.12. The quantitative estimate of drug-likeness (QED) is 0.934. The fourth-order valence-corrected chi connectivity index (χ4v) is 2.01. The summed E-state index contributed by atoms with van der Waals surface area (Å²) in [5.74, 6) is 0.324. The number of phenols is 1. The van der Waals surface area contributed by atoms with Gasteiger partial charge in [0.05, 0.1) is 0 Å². The topological polar surface area (TPSA) is 33.1 Å². The fourth-order valence-electron chi connectivity index (χ4n) is 1.59. The number of hydrogen-bond donors (Lipinski definition) is 1. The first-order valence-corrected chi connectivity index (χ1v) is 5.91. The summed E-state index contributed by atoms with van der Waals surface area (Å²) in [6, 6.07) is 9.43. The van der Waals surface area contributed by atoms with Crippen LogP contribution in [0.15, 0.2) is 47.2 Å². The van der Waals surface area contributed by atoms with E-state index in [1.165, 1.54) is 5.56 Å². The number of nitrogens with zero attached hydrogens (tertiary/aromatic N) is 1. The molecule has 0 unspecified atom stereocenters. The fraction of sp³-hybridized carbons (Fsp3) is 0.154. The molecule has 1 heterocycles. The summed E-state index contributed by atoms with van der Waals surface area (Å²) in [6.07, 6.45) is 5.48. The van der Waals surface area contributed by atoms with Crippen molar-refractivity contribution in [2.24, 2.45) is 0 Å². The Morgan fingerprint density at radius 2 is 1.88 bits per heavy atom. The van der Waals surface area contributed by atoms with Crippen LogP contribution in [0.25, 0.3) is 0 Å². The number of halogens is 1. The Morgan fingerprint density at radius 1 is 1.06 bits per heavy atom. The van der Waals surface area contributed by atoms with Crippen LogP contribution in [0.4, 0.5) is 0 Å². The van der Waals surface area contributed by atoms with Crippen LogP contribution < -0.4 is 0 Å². The van der Waals surface area contributed by atoms with Gasteiger partial charge in [-0.05, 0) is 58.1 Å². The third-order valence-electron chi connectivity index (χ3n) is 2.37. The van der Waals surface area contributed by atoms with Crippen LogP contribution >= 0.6 is 15.9 Å². The lowest BCUT2D eigenvalue weighted by atomic mass is 10.1. The van der Waals surface area contributed by atoms with Gasteiger partial charge in [0.25, 0.3) is 0 Å². The van der Waals surface area contributed by atoms with Crippen LogP contribution in [0, 0.1) is 0 Å². The standard InChI is InChI=1S/C13H12BrNO/c14-12-6-11(8-15-9-12)5-4-10-2-1-3-13(16)7-10/h1-3,6-9,16H,4-5H2. The molecule has 0 aliphatic carbocycles. The van der Waals surface area contributed by atoms with E-state index >= 15 is 0 Å². The van der Waals surface area contributed by atoms with Crippen LogP contribution in [0.2, 0.25) is 0 Å². The second-order valence-corrected chi connectivity index (χ2v) is 4.60. The first-order valence-electron chi connectivity index (χ1n) is 5.11. The Bertz CT molecular complexity index is 439. The molecule has 0 radical (unpaired) electrons. The normalized spacial score (nSPS) is 10.3. The van der Waals surface area contributed by atoms with E-state index in [-0.39, 0.29) is 0 Å². The van der Waals surface area contributed by atoms with Gasteiger partial charge in [0.15, 0.2) is 0 Å². The number of phenolic OH excluding ortho intramolecular Hbond substituents is 1. The average molecular weight is 278 g/mol. The first kappa shape index (κ1) is 11.1. The van der Waals surface area contributed by atoms with E-state index in [0.29, 0.717) is 5.75 Å². The minimum atomic E-state index is 0.324. The highest BCUT2D eigenvalue weighted by Crippen LogP contribution is 2.15. The Morgan fingerprint density at radius 3 is 2.62 bits per heavy atom. The third-order valence-corrected chi connectivity index (χ3v) is 2.81. The number of benzene rings is 1. The van der Waals surface area contributed by atoms with Crippen molar-refractivity contribution in [2.75, 3.05) is 0 Å². The van der Waals surface area contributed by atoms with Gasteiger partial charge in [-0.2, -0.15) is 0 Å². The van der Waals surface area contributed by atoms with E-state index in [2.05, 4.69) is 27.0 Å². The number of aromatic hydroxyl groups is 1. The predicted molar refractivity (Wildman–Crippen MR) is 67.5 cm³/mol. The number of hydrogen-bond acceptors (Lipinski definition) is 2. The molecule has 2 aromatic rings. The summed E-state index contributed by atoms with van der Waals surface area (Å²) in [7, 11) is 0. The van der Waals surface area contributed by atoms with E-state index in [1.54, 1.807) is 18.3 Å². The van der Waals surface area contributed by atoms with E-state index in [1.807, 2.05) is 18.3 Å². The first-order chi connectivity index (χ1) is 7.74. The highest BCUT2D eigenvalue weighted by atomic mass is 79.9. The van der Waals surface area contributed by atoms with E-state index in [4.69, 9.17) is 0 Å². The summed E-state index contributed by atoms with van der Waals surface area (Å²) in [5.41, 5.74) is 2.33. The molecule has 0 saturated heterocycles. The molecule has 1 aromatic heterocycles. The van der Waals surface area contributed by atoms with Gasteiger partial charge >= 0.3 is 0 Å². The molecule has 0 fully saturated rings. The lowest BCUT2D eigenvalue weighted by Gasteiger charge is -2.02. The van der Waals surface area contributed by atoms with Crippen LogP contribution in [0.5, 0.6) is 5.75 Å². The van der Waals surface area contributed by atoms with Crippen LogP contribution in [0.3, 0.4) is 0 Å². The molecule has 0 amide bonds. The summed E-state index contributed by atoms with van der Waals surface area (Å²) in [6.45, 7) is 0. The average Bonchev–Trinajstić information content (AvgIpc) is 2.27. The minimum Gasteiger partial charge on any atom is -0.508 e. The monoisotopic (exact) mass is 277 g/mol. The van der Waals surface area contributed by atoms with Crippen molar-refractivity contribution in [3.05, 3.63) is 58.3 Å². The Balaban J connectivity index is 2.02. The zero-order valence-corrected chi connectivity index (χ0v) is 10.3. The van der Waals surface area contributed by atoms with Crippen LogP contribution in [0.1, 0.15) is 11.1 Å². The van der Waals surface area contributed by atoms with Crippen molar-refractivity contribution in [1.82, 2.24) is 4.98 Å². The summed E-state index contributed by atoms with van der Waals surface area (Å²) < 4.78 is 1.00. The van der Waals surface area contributed by atoms with Crippen molar-refractivity contribution >= 4 is 15.9 Å². The van der Waals surface area contributed by atoms with Gasteiger partial charge in [-0.15, -0.1) is 0 Å². The summed E-state index contributed by atoms with van der Waals surface area (Å²) in [5, 5.41) is 9.33. The Hall–Kier alpha value is -1.35. The molecule has 3 heteroatoms. The van der Waals surface area contributed by atoms with E-state index < -0.39 is 0 Å². The Labute approximate surface area is 103 Å². The zero-order valence-electron chi connectivity index (χ0n) is 8.73. The highest BCUT2D eigenvalue weighted by molar-refractivity contribution is 9.10. The lowest BCUT2D eigenvalue weighted by Crippen LogP contribution is -1.92. The number of rotatable bonds is 3. The second kappa shape index (κ2) is 5.12. The molecule has 2 nitrogen and oxygen atoms in total. The molecule has 0 saturated carbocycles. The lowest BCUT2D eigenvalue weighted by molar-refractivity contribution is 0.474. The van der Waals surface area contributed by atoms with Crippen molar-refractivity contribution in [2.45, 2.75) is 12.8 Å². The van der Waals surface area contributed by atoms with Gasteiger partial charge in [-0.25, -0.2) is 0 Å². The van der Waals surface area contributed by atoms with Gasteiger partial charge in [0.2, 0.25) is 0 Å². The minimum absolute atomic E-state index is 0.324. The summed E-state index contributed by atoms with van der Waals surface area (Å²) >= 11 is 3.40. The van der Waals surface area contributed by atoms with Gasteiger partial charge in [-0.1, -0.05) is 12.1 Å². The van der Waals surface area contributed by atoms with Crippen LogP contribution in [-0.4, -0.2) is 10.1 Å². The molecular formula is C13H12BrNO. The zero-order chi connectivity index (χ0) is 11.4. The molecule has 16 heavy (non-hydrogen) atoms. The SMILES string of the molecule is Oc1cccc(CCc2cncc(Br)c2)c1. The molecule has 0 spiro atoms. The molecule has 1 aromatic carbocycles. The number of pyridine rings is 1. The highest BCUT2D eigenvalue weighted by Gasteiger charge is 1.98. The molecular weight excluding hydrogens is 266 g/mol. The van der Waals surface area contributed by atoms with Gasteiger partial charge in [0, 0.05) is 16.9 Å². The van der Waals surface area contributed by atoms with E-state index in [9.17, 15) is 5.11 Å². The maximum atomic E-state index is 9.33. The molecule has 82 valence electrons. The maximum Gasteiger partial charge on any atom is 0.115 e. The molecule has 0 aliphatic heterocycles. The number of aryl methyl sites for hydroxylation is 2. The second-order valence-electron chi connectivity index (χ2n) is 3.68. The van der Waals surface area contributed by atoms with Crippen molar-refractivity contribution in [3.8, 4) is 5.75 Å². The third kappa shape index (κ3) is 3.07. The molecule has 0 bridgehead atoms. The molecule has 0 atom stereocenters. The maximum absolute atomic E-state index is 9.33. The number of aromatic nitrogens is 1. The van der Waals surface area contributed by atoms with Gasteiger partial charge < -0.3 is 5.11 Å². The van der Waals surface area contributed by atoms with Gasteiger partial charge in [0.1, 0.15) is 5.75 Å². The smallest absolute Gasteiger partial charge is 0.115 e. The van der Waals surface area contributed by atoms with Crippen LogP contribution in [-0.2, 0) is 12.8 Å². The predicted octanol–water partition coefficient (Wildman–Crippen LogP) is 3.33. The van der Waals surface area contributed by atoms with Crippen molar-refractivity contribution in [1.29, 1.82) is 0 Å². The molecule has 2 rings (SSSR count). The van der Waals surface area contributed by atoms with Gasteiger partial charge in [-0.3, -0.25) is 4.98 Å². The van der Waals surface area contributed by atoms with Crippen molar-refractivity contribution in [3.63, 3.8) is 0 Å². The van der Waals surface area contributed by atoms with E-state index in [0.717, 1.165) is 22.9 Å². The largest absolute Gasteiger partial charge is 0.508 e. The Kier molecular flexibility index (Phi) is 3.57. The molecule has 0 aliphatic rings. The van der Waals surface area contributed by atoms with Crippen molar-refractivity contribution < 1.29 is 5.11 Å². The molecule has 1 N–H and O–H groups in total.